The molecular weight excluding hydrogens is 453 g/mol. The molecule has 1 aromatic heterocycles. The van der Waals surface area contributed by atoms with E-state index in [0.29, 0.717) is 22.3 Å². The second-order valence-electron chi connectivity index (χ2n) is 7.81. The van der Waals surface area contributed by atoms with Crippen molar-refractivity contribution in [3.8, 4) is 6.07 Å². The van der Waals surface area contributed by atoms with Gasteiger partial charge in [-0.25, -0.2) is 0 Å². The highest BCUT2D eigenvalue weighted by Gasteiger charge is 2.17. The SMILES string of the molecule is Cc1ccc(Cl)cc1NC(=O)C(C#N)=Cc1c(C)n(Cc2ccc(Cl)cc2)c2ccccc12. The lowest BCUT2D eigenvalue weighted by atomic mass is 10.1. The number of fused-ring (bicyclic) bond motifs is 1. The Morgan fingerprint density at radius 1 is 1.03 bits per heavy atom. The minimum atomic E-state index is -0.475. The zero-order chi connectivity index (χ0) is 23.5. The van der Waals surface area contributed by atoms with Crippen molar-refractivity contribution in [2.45, 2.75) is 20.4 Å². The predicted octanol–water partition coefficient (Wildman–Crippen LogP) is 7.16. The summed E-state index contributed by atoms with van der Waals surface area (Å²) in [6, 6.07) is 23.0. The number of nitrogens with zero attached hydrogens (tertiary/aromatic N) is 2. The summed E-state index contributed by atoms with van der Waals surface area (Å²) in [5.41, 5.74) is 5.40. The number of amides is 1. The predicted molar refractivity (Wildman–Crippen MR) is 136 cm³/mol. The highest BCUT2D eigenvalue weighted by atomic mass is 35.5. The average molecular weight is 474 g/mol. The van der Waals surface area contributed by atoms with Crippen LogP contribution in [0, 0.1) is 25.2 Å². The van der Waals surface area contributed by atoms with E-state index < -0.39 is 5.91 Å². The van der Waals surface area contributed by atoms with Gasteiger partial charge in [-0.1, -0.05) is 59.6 Å². The van der Waals surface area contributed by atoms with E-state index in [4.69, 9.17) is 23.2 Å². The van der Waals surface area contributed by atoms with Crippen LogP contribution in [0.15, 0.2) is 72.3 Å². The van der Waals surface area contributed by atoms with Gasteiger partial charge < -0.3 is 9.88 Å². The van der Waals surface area contributed by atoms with Crippen molar-refractivity contribution in [3.05, 3.63) is 105 Å². The lowest BCUT2D eigenvalue weighted by Gasteiger charge is -2.09. The summed E-state index contributed by atoms with van der Waals surface area (Å²) in [6.07, 6.45) is 1.66. The minimum Gasteiger partial charge on any atom is -0.340 e. The fourth-order valence-electron chi connectivity index (χ4n) is 3.83. The molecule has 3 aromatic carbocycles. The van der Waals surface area contributed by atoms with Crippen molar-refractivity contribution in [1.82, 2.24) is 4.57 Å². The molecule has 0 bridgehead atoms. The summed E-state index contributed by atoms with van der Waals surface area (Å²) >= 11 is 12.1. The smallest absolute Gasteiger partial charge is 0.266 e. The molecule has 1 N–H and O–H groups in total. The van der Waals surface area contributed by atoms with Gasteiger partial charge in [0.15, 0.2) is 0 Å². The van der Waals surface area contributed by atoms with Crippen molar-refractivity contribution < 1.29 is 4.79 Å². The number of nitrogens with one attached hydrogen (secondary N) is 1. The van der Waals surface area contributed by atoms with Crippen LogP contribution in [0.4, 0.5) is 5.69 Å². The quantitative estimate of drug-likeness (QED) is 0.247. The maximum Gasteiger partial charge on any atom is 0.266 e. The number of hydrogen-bond acceptors (Lipinski definition) is 2. The Morgan fingerprint density at radius 2 is 1.73 bits per heavy atom. The Labute approximate surface area is 202 Å². The molecule has 0 saturated heterocycles. The van der Waals surface area contributed by atoms with Gasteiger partial charge in [0.1, 0.15) is 11.6 Å². The fraction of sp³-hybridized carbons (Fsp3) is 0.111. The summed E-state index contributed by atoms with van der Waals surface area (Å²) in [7, 11) is 0. The van der Waals surface area contributed by atoms with Crippen molar-refractivity contribution in [3.63, 3.8) is 0 Å². The van der Waals surface area contributed by atoms with Crippen LogP contribution in [-0.2, 0) is 11.3 Å². The van der Waals surface area contributed by atoms with Crippen molar-refractivity contribution >= 4 is 51.8 Å². The van der Waals surface area contributed by atoms with Crippen LogP contribution >= 0.6 is 23.2 Å². The first-order valence-electron chi connectivity index (χ1n) is 10.4. The molecular formula is C27H21Cl2N3O. The molecule has 6 heteroatoms. The third kappa shape index (κ3) is 4.80. The van der Waals surface area contributed by atoms with E-state index in [2.05, 4.69) is 16.0 Å². The molecule has 0 spiro atoms. The number of anilines is 1. The van der Waals surface area contributed by atoms with Gasteiger partial charge in [-0.05, 0) is 61.4 Å². The van der Waals surface area contributed by atoms with Gasteiger partial charge in [0.05, 0.1) is 0 Å². The van der Waals surface area contributed by atoms with Gasteiger partial charge in [0.2, 0.25) is 0 Å². The number of aryl methyl sites for hydroxylation is 1. The molecule has 4 rings (SSSR count). The van der Waals surface area contributed by atoms with Gasteiger partial charge in [-0.3, -0.25) is 4.79 Å². The summed E-state index contributed by atoms with van der Waals surface area (Å²) in [6.45, 7) is 4.51. The first kappa shape index (κ1) is 22.7. The average Bonchev–Trinajstić information content (AvgIpc) is 3.06. The maximum absolute atomic E-state index is 12.9. The van der Waals surface area contributed by atoms with Crippen LogP contribution in [0.5, 0.6) is 0 Å². The minimum absolute atomic E-state index is 0.0203. The molecule has 0 aliphatic carbocycles. The molecule has 0 atom stereocenters. The van der Waals surface area contributed by atoms with Crippen LogP contribution in [0.2, 0.25) is 10.0 Å². The van der Waals surface area contributed by atoms with E-state index in [9.17, 15) is 10.1 Å². The maximum atomic E-state index is 12.9. The zero-order valence-electron chi connectivity index (χ0n) is 18.2. The van der Waals surface area contributed by atoms with E-state index >= 15 is 0 Å². The number of nitriles is 1. The summed E-state index contributed by atoms with van der Waals surface area (Å²) < 4.78 is 2.18. The number of aromatic nitrogens is 1. The van der Waals surface area contributed by atoms with Crippen LogP contribution in [0.1, 0.15) is 22.4 Å². The van der Waals surface area contributed by atoms with E-state index in [1.807, 2.05) is 68.4 Å². The molecule has 0 aliphatic rings. The van der Waals surface area contributed by atoms with Crippen molar-refractivity contribution in [2.75, 3.05) is 5.32 Å². The molecule has 1 heterocycles. The van der Waals surface area contributed by atoms with Crippen LogP contribution < -0.4 is 5.32 Å². The summed E-state index contributed by atoms with van der Waals surface area (Å²) in [5, 5.41) is 14.8. The molecule has 164 valence electrons. The second kappa shape index (κ2) is 9.54. The van der Waals surface area contributed by atoms with Gasteiger partial charge in [-0.2, -0.15) is 5.26 Å². The number of para-hydroxylation sites is 1. The van der Waals surface area contributed by atoms with E-state index in [-0.39, 0.29) is 5.57 Å². The number of carbonyl (C=O) groups is 1. The molecule has 33 heavy (non-hydrogen) atoms. The van der Waals surface area contributed by atoms with E-state index in [1.165, 1.54) is 0 Å². The second-order valence-corrected chi connectivity index (χ2v) is 8.68. The van der Waals surface area contributed by atoms with Crippen LogP contribution in [0.25, 0.3) is 17.0 Å². The Balaban J connectivity index is 1.74. The first-order chi connectivity index (χ1) is 15.9. The third-order valence-electron chi connectivity index (χ3n) is 5.64. The molecule has 0 unspecified atom stereocenters. The largest absolute Gasteiger partial charge is 0.340 e. The molecule has 4 nitrogen and oxygen atoms in total. The van der Waals surface area contributed by atoms with Crippen LogP contribution in [-0.4, -0.2) is 10.5 Å². The van der Waals surface area contributed by atoms with E-state index in [1.54, 1.807) is 18.2 Å². The Morgan fingerprint density at radius 3 is 2.45 bits per heavy atom. The number of halogens is 2. The van der Waals surface area contributed by atoms with Crippen molar-refractivity contribution in [2.24, 2.45) is 0 Å². The monoisotopic (exact) mass is 473 g/mol. The Bertz CT molecular complexity index is 1430. The molecule has 4 aromatic rings. The number of benzene rings is 3. The zero-order valence-corrected chi connectivity index (χ0v) is 19.7. The molecule has 0 aliphatic heterocycles. The molecule has 0 radical (unpaired) electrons. The van der Waals surface area contributed by atoms with E-state index in [0.717, 1.165) is 33.3 Å². The summed E-state index contributed by atoms with van der Waals surface area (Å²) in [5.74, 6) is -0.475. The van der Waals surface area contributed by atoms with Crippen molar-refractivity contribution in [1.29, 1.82) is 5.26 Å². The lowest BCUT2D eigenvalue weighted by Crippen LogP contribution is -2.14. The van der Waals surface area contributed by atoms with Gasteiger partial charge in [-0.15, -0.1) is 0 Å². The van der Waals surface area contributed by atoms with Gasteiger partial charge in [0, 0.05) is 44.4 Å². The first-order valence-corrected chi connectivity index (χ1v) is 11.1. The summed E-state index contributed by atoms with van der Waals surface area (Å²) in [4.78, 5) is 12.9. The molecule has 0 saturated carbocycles. The lowest BCUT2D eigenvalue weighted by molar-refractivity contribution is -0.112. The number of rotatable bonds is 5. The highest BCUT2D eigenvalue weighted by Crippen LogP contribution is 2.29. The fourth-order valence-corrected chi connectivity index (χ4v) is 4.13. The standard InChI is InChI=1S/C27H21Cl2N3O/c1-17-7-10-22(29)14-25(17)31-27(33)20(15-30)13-24-18(2)32(26-6-4-3-5-23(24)26)16-19-8-11-21(28)12-9-19/h3-14H,16H2,1-2H3,(H,31,33). The normalized spacial score (nSPS) is 11.4. The topological polar surface area (TPSA) is 57.8 Å². The Kier molecular flexibility index (Phi) is 6.55. The highest BCUT2D eigenvalue weighted by molar-refractivity contribution is 6.31. The van der Waals surface area contributed by atoms with Crippen LogP contribution in [0.3, 0.4) is 0 Å². The number of hydrogen-bond donors (Lipinski definition) is 1. The Hall–Kier alpha value is -3.52. The van der Waals surface area contributed by atoms with Gasteiger partial charge >= 0.3 is 0 Å². The molecule has 1 amide bonds. The molecule has 0 fully saturated rings. The van der Waals surface area contributed by atoms with Gasteiger partial charge in [0.25, 0.3) is 5.91 Å². The third-order valence-corrected chi connectivity index (χ3v) is 6.12. The number of carbonyl (C=O) groups excluding carboxylic acids is 1.